The van der Waals surface area contributed by atoms with Gasteiger partial charge in [-0.2, -0.15) is 0 Å². The number of nitrogens with zero attached hydrogens (tertiary/aromatic N) is 1. The molecular weight excluding hydrogens is 230 g/mol. The highest BCUT2D eigenvalue weighted by Crippen LogP contribution is 2.11. The molecule has 0 aromatic carbocycles. The molecule has 2 aliphatic heterocycles. The first-order valence-corrected chi connectivity index (χ1v) is 7.01. The molecule has 18 heavy (non-hydrogen) atoms. The van der Waals surface area contributed by atoms with Crippen LogP contribution in [0.25, 0.3) is 0 Å². The van der Waals surface area contributed by atoms with Crippen molar-refractivity contribution in [1.82, 2.24) is 15.5 Å². The Bertz CT molecular complexity index is 303. The summed E-state index contributed by atoms with van der Waals surface area (Å²) in [4.78, 5) is 25.3. The van der Waals surface area contributed by atoms with E-state index >= 15 is 0 Å². The normalized spacial score (nSPS) is 22.0. The Kier molecular flexibility index (Phi) is 4.99. The topological polar surface area (TPSA) is 61.4 Å². The molecule has 102 valence electrons. The Morgan fingerprint density at radius 1 is 1.28 bits per heavy atom. The molecule has 0 aromatic heterocycles. The highest BCUT2D eigenvalue weighted by molar-refractivity contribution is 5.84. The molecular formula is C13H23N3O2. The summed E-state index contributed by atoms with van der Waals surface area (Å²) < 4.78 is 0. The summed E-state index contributed by atoms with van der Waals surface area (Å²) in [5, 5.41) is 6.09. The van der Waals surface area contributed by atoms with Crippen molar-refractivity contribution in [2.45, 2.75) is 32.1 Å². The largest absolute Gasteiger partial charge is 0.354 e. The zero-order valence-corrected chi connectivity index (χ0v) is 10.9. The van der Waals surface area contributed by atoms with Crippen molar-refractivity contribution in [3.05, 3.63) is 0 Å². The standard InChI is InChI=1S/C13H23N3O2/c17-12(15-9-11-7-14-8-11)10-16-6-4-2-1-3-5-13(16)18/h11,14H,1-10H2,(H,15,17). The summed E-state index contributed by atoms with van der Waals surface area (Å²) in [7, 11) is 0. The van der Waals surface area contributed by atoms with Crippen molar-refractivity contribution in [1.29, 1.82) is 0 Å². The van der Waals surface area contributed by atoms with Crippen molar-refractivity contribution in [2.75, 3.05) is 32.7 Å². The number of carbonyl (C=O) groups is 2. The molecule has 0 bridgehead atoms. The molecule has 0 spiro atoms. The molecule has 5 nitrogen and oxygen atoms in total. The molecule has 0 radical (unpaired) electrons. The van der Waals surface area contributed by atoms with Crippen LogP contribution < -0.4 is 10.6 Å². The summed E-state index contributed by atoms with van der Waals surface area (Å²) >= 11 is 0. The van der Waals surface area contributed by atoms with Gasteiger partial charge in [-0.05, 0) is 12.8 Å². The molecule has 2 saturated heterocycles. The monoisotopic (exact) mass is 253 g/mol. The van der Waals surface area contributed by atoms with Crippen molar-refractivity contribution in [3.8, 4) is 0 Å². The van der Waals surface area contributed by atoms with Crippen LogP contribution in [0.2, 0.25) is 0 Å². The Labute approximate surface area is 108 Å². The van der Waals surface area contributed by atoms with Gasteiger partial charge in [0.25, 0.3) is 0 Å². The second-order valence-corrected chi connectivity index (χ2v) is 5.31. The molecule has 2 amide bonds. The second kappa shape index (κ2) is 6.73. The quantitative estimate of drug-likeness (QED) is 0.748. The lowest BCUT2D eigenvalue weighted by atomic mass is 10.0. The van der Waals surface area contributed by atoms with Crippen LogP contribution in [0.4, 0.5) is 0 Å². The summed E-state index contributed by atoms with van der Waals surface area (Å²) in [6.07, 6.45) is 4.88. The van der Waals surface area contributed by atoms with E-state index in [-0.39, 0.29) is 18.4 Å². The van der Waals surface area contributed by atoms with Gasteiger partial charge in [-0.3, -0.25) is 9.59 Å². The molecule has 2 N–H and O–H groups in total. The molecule has 2 heterocycles. The number of hydrogen-bond acceptors (Lipinski definition) is 3. The van der Waals surface area contributed by atoms with Gasteiger partial charge in [0.15, 0.2) is 0 Å². The second-order valence-electron chi connectivity index (χ2n) is 5.31. The van der Waals surface area contributed by atoms with Crippen LogP contribution >= 0.6 is 0 Å². The van der Waals surface area contributed by atoms with Gasteiger partial charge in [0.2, 0.25) is 11.8 Å². The number of nitrogens with one attached hydrogen (secondary N) is 2. The fourth-order valence-electron chi connectivity index (χ4n) is 2.36. The molecule has 0 unspecified atom stereocenters. The smallest absolute Gasteiger partial charge is 0.239 e. The van der Waals surface area contributed by atoms with E-state index in [0.29, 0.717) is 12.3 Å². The lowest BCUT2D eigenvalue weighted by Gasteiger charge is -2.28. The maximum Gasteiger partial charge on any atom is 0.239 e. The third-order valence-corrected chi connectivity index (χ3v) is 3.71. The number of carbonyl (C=O) groups excluding carboxylic acids is 2. The number of hydrogen-bond donors (Lipinski definition) is 2. The van der Waals surface area contributed by atoms with Gasteiger partial charge in [-0.25, -0.2) is 0 Å². The van der Waals surface area contributed by atoms with Crippen LogP contribution in [0.3, 0.4) is 0 Å². The van der Waals surface area contributed by atoms with Crippen LogP contribution in [0.15, 0.2) is 0 Å². The van der Waals surface area contributed by atoms with Gasteiger partial charge < -0.3 is 15.5 Å². The van der Waals surface area contributed by atoms with Crippen molar-refractivity contribution >= 4 is 11.8 Å². The third kappa shape index (κ3) is 3.98. The number of likely N-dealkylation sites (tertiary alicyclic amines) is 1. The molecule has 0 saturated carbocycles. The number of rotatable bonds is 4. The maximum absolute atomic E-state index is 11.8. The Morgan fingerprint density at radius 2 is 2.06 bits per heavy atom. The van der Waals surface area contributed by atoms with E-state index < -0.39 is 0 Å². The molecule has 2 aliphatic rings. The minimum atomic E-state index is -0.0178. The van der Waals surface area contributed by atoms with Gasteiger partial charge in [0.05, 0.1) is 6.54 Å². The van der Waals surface area contributed by atoms with Gasteiger partial charge in [-0.15, -0.1) is 0 Å². The van der Waals surface area contributed by atoms with E-state index in [9.17, 15) is 9.59 Å². The molecule has 2 rings (SSSR count). The first-order chi connectivity index (χ1) is 8.75. The predicted molar refractivity (Wildman–Crippen MR) is 69.0 cm³/mol. The van der Waals surface area contributed by atoms with Crippen LogP contribution in [0.1, 0.15) is 32.1 Å². The summed E-state index contributed by atoms with van der Waals surface area (Å²) in [6, 6.07) is 0. The fraction of sp³-hybridized carbons (Fsp3) is 0.846. The Morgan fingerprint density at radius 3 is 2.78 bits per heavy atom. The van der Waals surface area contributed by atoms with Crippen molar-refractivity contribution in [3.63, 3.8) is 0 Å². The molecule has 5 heteroatoms. The predicted octanol–water partition coefficient (Wildman–Crippen LogP) is 0.115. The Balaban J connectivity index is 1.71. The zero-order chi connectivity index (χ0) is 12.8. The van der Waals surface area contributed by atoms with Gasteiger partial charge in [0.1, 0.15) is 0 Å². The molecule has 2 fully saturated rings. The maximum atomic E-state index is 11.8. The Hall–Kier alpha value is -1.10. The summed E-state index contributed by atoms with van der Waals surface area (Å²) in [5.41, 5.74) is 0. The molecule has 0 aliphatic carbocycles. The molecule has 0 atom stereocenters. The first-order valence-electron chi connectivity index (χ1n) is 7.01. The van der Waals surface area contributed by atoms with E-state index in [1.165, 1.54) is 6.42 Å². The average Bonchev–Trinajstić information content (AvgIpc) is 2.27. The minimum Gasteiger partial charge on any atom is -0.354 e. The highest BCUT2D eigenvalue weighted by atomic mass is 16.2. The minimum absolute atomic E-state index is 0.0178. The van der Waals surface area contributed by atoms with E-state index in [0.717, 1.165) is 45.4 Å². The van der Waals surface area contributed by atoms with Crippen LogP contribution in [0.5, 0.6) is 0 Å². The highest BCUT2D eigenvalue weighted by Gasteiger charge is 2.20. The van der Waals surface area contributed by atoms with Gasteiger partial charge in [0, 0.05) is 38.5 Å². The molecule has 0 aromatic rings. The van der Waals surface area contributed by atoms with E-state index in [4.69, 9.17) is 0 Å². The lowest BCUT2D eigenvalue weighted by molar-refractivity contribution is -0.136. The van der Waals surface area contributed by atoms with Crippen molar-refractivity contribution < 1.29 is 9.59 Å². The van der Waals surface area contributed by atoms with Crippen LogP contribution in [-0.4, -0.2) is 49.4 Å². The van der Waals surface area contributed by atoms with Gasteiger partial charge >= 0.3 is 0 Å². The van der Waals surface area contributed by atoms with Crippen LogP contribution in [0, 0.1) is 5.92 Å². The van der Waals surface area contributed by atoms with Crippen molar-refractivity contribution in [2.24, 2.45) is 5.92 Å². The zero-order valence-electron chi connectivity index (χ0n) is 10.9. The first kappa shape index (κ1) is 13.3. The third-order valence-electron chi connectivity index (χ3n) is 3.71. The van der Waals surface area contributed by atoms with Gasteiger partial charge in [-0.1, -0.05) is 12.8 Å². The van der Waals surface area contributed by atoms with E-state index in [2.05, 4.69) is 10.6 Å². The number of amides is 2. The summed E-state index contributed by atoms with van der Waals surface area (Å²) in [6.45, 7) is 3.68. The SMILES string of the molecule is O=C(CN1CCCCCCC1=O)NCC1CNC1. The fourth-order valence-corrected chi connectivity index (χ4v) is 2.36. The lowest BCUT2D eigenvalue weighted by Crippen LogP contribution is -2.50. The van der Waals surface area contributed by atoms with E-state index in [1.54, 1.807) is 4.90 Å². The van der Waals surface area contributed by atoms with E-state index in [1.807, 2.05) is 0 Å². The summed E-state index contributed by atoms with van der Waals surface area (Å²) in [5.74, 6) is 0.683. The van der Waals surface area contributed by atoms with Crippen LogP contribution in [-0.2, 0) is 9.59 Å². The average molecular weight is 253 g/mol.